The highest BCUT2D eigenvalue weighted by molar-refractivity contribution is 6.17. The van der Waals surface area contributed by atoms with Gasteiger partial charge in [-0.25, -0.2) is 8.78 Å². The van der Waals surface area contributed by atoms with Gasteiger partial charge in [-0.2, -0.15) is 0 Å². The first-order valence-electron chi connectivity index (χ1n) is 5.22. The second kappa shape index (κ2) is 6.55. The zero-order valence-electron chi connectivity index (χ0n) is 9.43. The van der Waals surface area contributed by atoms with Gasteiger partial charge in [0.2, 0.25) is 0 Å². The van der Waals surface area contributed by atoms with Gasteiger partial charge in [0, 0.05) is 18.4 Å². The van der Waals surface area contributed by atoms with E-state index in [2.05, 4.69) is 0 Å². The van der Waals surface area contributed by atoms with Crippen LogP contribution in [-0.2, 0) is 0 Å². The topological polar surface area (TPSA) is 26.3 Å². The molecule has 0 unspecified atom stereocenters. The van der Waals surface area contributed by atoms with E-state index in [-0.39, 0.29) is 23.5 Å². The molecule has 0 radical (unpaired) electrons. The first-order chi connectivity index (χ1) is 8.10. The summed E-state index contributed by atoms with van der Waals surface area (Å²) in [5.74, 6) is -1.74. The van der Waals surface area contributed by atoms with E-state index < -0.39 is 11.6 Å². The number of unbranched alkanes of at least 4 members (excludes halogenated alkanes) is 1. The monoisotopic (exact) mass is 262 g/mol. The van der Waals surface area contributed by atoms with Crippen molar-refractivity contribution in [1.82, 2.24) is 0 Å². The van der Waals surface area contributed by atoms with Crippen LogP contribution in [-0.4, -0.2) is 18.8 Å². The van der Waals surface area contributed by atoms with Gasteiger partial charge >= 0.3 is 0 Å². The molecule has 0 saturated heterocycles. The highest BCUT2D eigenvalue weighted by Gasteiger charge is 2.17. The molecule has 0 fully saturated rings. The van der Waals surface area contributed by atoms with Gasteiger partial charge < -0.3 is 4.74 Å². The van der Waals surface area contributed by atoms with Crippen LogP contribution >= 0.6 is 11.6 Å². The van der Waals surface area contributed by atoms with Crippen LogP contribution in [0, 0.1) is 11.6 Å². The van der Waals surface area contributed by atoms with Crippen molar-refractivity contribution in [3.63, 3.8) is 0 Å². The van der Waals surface area contributed by atoms with Crippen molar-refractivity contribution >= 4 is 17.4 Å². The van der Waals surface area contributed by atoms with Crippen molar-refractivity contribution in [3.8, 4) is 5.75 Å². The molecule has 0 N–H and O–H groups in total. The molecule has 0 aliphatic carbocycles. The summed E-state index contributed by atoms with van der Waals surface area (Å²) in [7, 11) is 1.24. The van der Waals surface area contributed by atoms with Crippen LogP contribution in [0.2, 0.25) is 0 Å². The van der Waals surface area contributed by atoms with Crippen molar-refractivity contribution in [2.24, 2.45) is 0 Å². The molecule has 0 amide bonds. The summed E-state index contributed by atoms with van der Waals surface area (Å²) in [5, 5.41) is 0. The Bertz CT molecular complexity index is 408. The maximum absolute atomic E-state index is 13.3. The van der Waals surface area contributed by atoms with Gasteiger partial charge in [-0.05, 0) is 18.9 Å². The third-order valence-electron chi connectivity index (χ3n) is 2.30. The molecule has 0 heterocycles. The highest BCUT2D eigenvalue weighted by Crippen LogP contribution is 2.25. The predicted molar refractivity (Wildman–Crippen MR) is 61.8 cm³/mol. The molecule has 1 aromatic carbocycles. The fraction of sp³-hybridized carbons (Fsp3) is 0.417. The molecular formula is C12H13ClF2O2. The van der Waals surface area contributed by atoms with Crippen LogP contribution in [0.25, 0.3) is 0 Å². The van der Waals surface area contributed by atoms with Crippen LogP contribution in [0.3, 0.4) is 0 Å². The summed E-state index contributed by atoms with van der Waals surface area (Å²) in [5.41, 5.74) is -0.0560. The van der Waals surface area contributed by atoms with E-state index in [1.54, 1.807) is 0 Å². The number of benzene rings is 1. The Kier molecular flexibility index (Phi) is 5.35. The van der Waals surface area contributed by atoms with Gasteiger partial charge in [-0.1, -0.05) is 0 Å². The van der Waals surface area contributed by atoms with E-state index >= 15 is 0 Å². The second-order valence-corrected chi connectivity index (χ2v) is 3.92. The van der Waals surface area contributed by atoms with E-state index in [0.717, 1.165) is 6.07 Å². The number of halogens is 3. The van der Waals surface area contributed by atoms with Gasteiger partial charge in [0.15, 0.2) is 17.3 Å². The molecule has 0 bridgehead atoms. The van der Waals surface area contributed by atoms with Crippen molar-refractivity contribution in [1.29, 1.82) is 0 Å². The number of ketones is 1. The lowest BCUT2D eigenvalue weighted by molar-refractivity contribution is 0.0975. The Morgan fingerprint density at radius 1 is 1.35 bits per heavy atom. The Morgan fingerprint density at radius 3 is 2.65 bits per heavy atom. The van der Waals surface area contributed by atoms with E-state index in [4.69, 9.17) is 16.3 Å². The van der Waals surface area contributed by atoms with Crippen molar-refractivity contribution < 1.29 is 18.3 Å². The van der Waals surface area contributed by atoms with E-state index in [9.17, 15) is 13.6 Å². The lowest BCUT2D eigenvalue weighted by Gasteiger charge is -2.08. The van der Waals surface area contributed by atoms with Gasteiger partial charge in [-0.15, -0.1) is 11.6 Å². The lowest BCUT2D eigenvalue weighted by atomic mass is 10.0. The number of ether oxygens (including phenoxy) is 1. The van der Waals surface area contributed by atoms with E-state index in [1.165, 1.54) is 7.11 Å². The smallest absolute Gasteiger partial charge is 0.168 e. The average Bonchev–Trinajstić information content (AvgIpc) is 2.28. The number of alkyl halides is 1. The number of Topliss-reactive ketones (excluding diaryl/α,β-unsaturated/α-hetero) is 1. The molecular weight excluding hydrogens is 250 g/mol. The maximum Gasteiger partial charge on any atom is 0.168 e. The largest absolute Gasteiger partial charge is 0.493 e. The molecule has 0 aliphatic rings. The molecule has 5 heteroatoms. The summed E-state index contributed by atoms with van der Waals surface area (Å²) >= 11 is 5.48. The molecule has 1 aromatic rings. The summed E-state index contributed by atoms with van der Waals surface area (Å²) < 4.78 is 31.1. The third kappa shape index (κ3) is 3.66. The normalized spacial score (nSPS) is 10.4. The molecule has 0 saturated carbocycles. The number of methoxy groups -OCH3 is 1. The van der Waals surface area contributed by atoms with Crippen LogP contribution in [0.1, 0.15) is 29.6 Å². The standard InChI is InChI=1S/C12H13ClF2O2/c1-17-12-9(6-8(14)7-10(12)15)11(16)4-2-3-5-13/h6-7H,2-5H2,1H3. The molecule has 0 aromatic heterocycles. The minimum absolute atomic E-state index is 0.0560. The number of carbonyl (C=O) groups excluding carboxylic acids is 1. The van der Waals surface area contributed by atoms with Gasteiger partial charge in [-0.3, -0.25) is 4.79 Å². The first-order valence-corrected chi connectivity index (χ1v) is 5.75. The zero-order valence-corrected chi connectivity index (χ0v) is 10.2. The number of hydrogen-bond acceptors (Lipinski definition) is 2. The van der Waals surface area contributed by atoms with Gasteiger partial charge in [0.25, 0.3) is 0 Å². The minimum Gasteiger partial charge on any atom is -0.493 e. The number of carbonyl (C=O) groups is 1. The van der Waals surface area contributed by atoms with Crippen LogP contribution in [0.5, 0.6) is 5.75 Å². The third-order valence-corrected chi connectivity index (χ3v) is 2.57. The minimum atomic E-state index is -0.867. The second-order valence-electron chi connectivity index (χ2n) is 3.54. The molecule has 0 atom stereocenters. The number of hydrogen-bond donors (Lipinski definition) is 0. The average molecular weight is 263 g/mol. The molecule has 1 rings (SSSR count). The zero-order chi connectivity index (χ0) is 12.8. The molecule has 0 aliphatic heterocycles. The molecule has 94 valence electrons. The van der Waals surface area contributed by atoms with Crippen LogP contribution in [0.4, 0.5) is 8.78 Å². The Balaban J connectivity index is 2.91. The molecule has 17 heavy (non-hydrogen) atoms. The fourth-order valence-electron chi connectivity index (χ4n) is 1.49. The molecule has 0 spiro atoms. The van der Waals surface area contributed by atoms with E-state index in [1.807, 2.05) is 0 Å². The summed E-state index contributed by atoms with van der Waals surface area (Å²) in [6.07, 6.45) is 1.48. The molecule has 2 nitrogen and oxygen atoms in total. The van der Waals surface area contributed by atoms with Crippen molar-refractivity contribution in [3.05, 3.63) is 29.3 Å². The maximum atomic E-state index is 13.3. The summed E-state index contributed by atoms with van der Waals surface area (Å²) in [4.78, 5) is 11.7. The number of rotatable bonds is 6. The summed E-state index contributed by atoms with van der Waals surface area (Å²) in [6.45, 7) is 0. The lowest BCUT2D eigenvalue weighted by Crippen LogP contribution is -2.05. The van der Waals surface area contributed by atoms with Crippen LogP contribution in [0.15, 0.2) is 12.1 Å². The van der Waals surface area contributed by atoms with E-state index in [0.29, 0.717) is 24.8 Å². The fourth-order valence-corrected chi connectivity index (χ4v) is 1.68. The van der Waals surface area contributed by atoms with Crippen LogP contribution < -0.4 is 4.74 Å². The summed E-state index contributed by atoms with van der Waals surface area (Å²) in [6, 6.07) is 1.68. The first kappa shape index (κ1) is 13.9. The van der Waals surface area contributed by atoms with Crippen molar-refractivity contribution in [2.75, 3.05) is 13.0 Å². The van der Waals surface area contributed by atoms with Gasteiger partial charge in [0.05, 0.1) is 12.7 Å². The Morgan fingerprint density at radius 2 is 2.06 bits per heavy atom. The quantitative estimate of drug-likeness (QED) is 0.445. The van der Waals surface area contributed by atoms with Gasteiger partial charge in [0.1, 0.15) is 5.82 Å². The SMILES string of the molecule is COc1c(F)cc(F)cc1C(=O)CCCCCl. The van der Waals surface area contributed by atoms with Crippen molar-refractivity contribution in [2.45, 2.75) is 19.3 Å². The Hall–Kier alpha value is -1.16. The highest BCUT2D eigenvalue weighted by atomic mass is 35.5. The predicted octanol–water partition coefficient (Wildman–Crippen LogP) is 3.57. The Labute approximate surface area is 104 Å².